The van der Waals surface area contributed by atoms with Crippen LogP contribution in [-0.2, 0) is 11.3 Å². The molecule has 4 nitrogen and oxygen atoms in total. The monoisotopic (exact) mass is 371 g/mol. The summed E-state index contributed by atoms with van der Waals surface area (Å²) in [6.07, 6.45) is 0. The van der Waals surface area contributed by atoms with Gasteiger partial charge < -0.3 is 11.1 Å². The number of nitrogens with zero attached hydrogens (tertiary/aromatic N) is 1. The normalized spacial score (nSPS) is 10.9. The second-order valence-corrected chi connectivity index (χ2v) is 6.60. The molecule has 0 spiro atoms. The Hall–Kier alpha value is -1.44. The van der Waals surface area contributed by atoms with Gasteiger partial charge in [-0.15, -0.1) is 11.3 Å². The SMILES string of the molecule is CN(CC(=O)Nc1cc(N)ccc1F)Cc1cc(Br)cs1. The van der Waals surface area contributed by atoms with E-state index in [2.05, 4.69) is 21.2 Å². The van der Waals surface area contributed by atoms with E-state index in [4.69, 9.17) is 5.73 Å². The molecule has 0 radical (unpaired) electrons. The number of likely N-dealkylation sites (N-methyl/N-ethyl adjacent to an activating group) is 1. The van der Waals surface area contributed by atoms with Gasteiger partial charge in [0.05, 0.1) is 12.2 Å². The van der Waals surface area contributed by atoms with E-state index in [0.29, 0.717) is 12.2 Å². The molecule has 1 amide bonds. The molecular formula is C14H15BrFN3OS. The second kappa shape index (κ2) is 7.02. The first-order valence-corrected chi connectivity index (χ1v) is 7.87. The van der Waals surface area contributed by atoms with Crippen molar-refractivity contribution in [1.29, 1.82) is 0 Å². The van der Waals surface area contributed by atoms with Gasteiger partial charge in [-0.1, -0.05) is 0 Å². The highest BCUT2D eigenvalue weighted by atomic mass is 79.9. The van der Waals surface area contributed by atoms with Gasteiger partial charge in [0.1, 0.15) is 5.82 Å². The van der Waals surface area contributed by atoms with Crippen LogP contribution in [-0.4, -0.2) is 24.4 Å². The van der Waals surface area contributed by atoms with Gasteiger partial charge in [0, 0.05) is 27.0 Å². The van der Waals surface area contributed by atoms with Gasteiger partial charge in [0.25, 0.3) is 0 Å². The van der Waals surface area contributed by atoms with Crippen molar-refractivity contribution in [2.24, 2.45) is 0 Å². The molecule has 0 atom stereocenters. The number of nitrogens with one attached hydrogen (secondary N) is 1. The van der Waals surface area contributed by atoms with E-state index < -0.39 is 5.82 Å². The van der Waals surface area contributed by atoms with E-state index in [0.717, 1.165) is 9.35 Å². The topological polar surface area (TPSA) is 58.4 Å². The van der Waals surface area contributed by atoms with Gasteiger partial charge in [0.15, 0.2) is 0 Å². The lowest BCUT2D eigenvalue weighted by atomic mass is 10.2. The molecule has 21 heavy (non-hydrogen) atoms. The van der Waals surface area contributed by atoms with Crippen molar-refractivity contribution in [2.75, 3.05) is 24.6 Å². The van der Waals surface area contributed by atoms with Gasteiger partial charge in [-0.25, -0.2) is 4.39 Å². The first kappa shape index (κ1) is 15.9. The van der Waals surface area contributed by atoms with Crippen LogP contribution in [0.25, 0.3) is 0 Å². The number of carbonyl (C=O) groups is 1. The van der Waals surface area contributed by atoms with Crippen LogP contribution in [0.2, 0.25) is 0 Å². The predicted molar refractivity (Wildman–Crippen MR) is 87.8 cm³/mol. The first-order chi connectivity index (χ1) is 9.94. The molecule has 2 aromatic rings. The third kappa shape index (κ3) is 4.80. The summed E-state index contributed by atoms with van der Waals surface area (Å²) in [5.74, 6) is -0.778. The van der Waals surface area contributed by atoms with Crippen LogP contribution in [0.3, 0.4) is 0 Å². The minimum Gasteiger partial charge on any atom is -0.399 e. The average molecular weight is 372 g/mol. The number of anilines is 2. The van der Waals surface area contributed by atoms with Crippen LogP contribution in [0.1, 0.15) is 4.88 Å². The highest BCUT2D eigenvalue weighted by Gasteiger charge is 2.11. The molecule has 0 aliphatic rings. The number of amides is 1. The summed E-state index contributed by atoms with van der Waals surface area (Å²) in [6.45, 7) is 0.826. The number of nitrogen functional groups attached to an aromatic ring is 1. The second-order valence-electron chi connectivity index (χ2n) is 4.69. The van der Waals surface area contributed by atoms with Gasteiger partial charge in [0.2, 0.25) is 5.91 Å². The molecule has 0 bridgehead atoms. The van der Waals surface area contributed by atoms with Crippen LogP contribution < -0.4 is 11.1 Å². The fraction of sp³-hybridized carbons (Fsp3) is 0.214. The maximum Gasteiger partial charge on any atom is 0.238 e. The van der Waals surface area contributed by atoms with Gasteiger partial charge in [-0.05, 0) is 47.2 Å². The van der Waals surface area contributed by atoms with E-state index in [-0.39, 0.29) is 18.1 Å². The number of nitrogens with two attached hydrogens (primary N) is 1. The number of benzene rings is 1. The summed E-state index contributed by atoms with van der Waals surface area (Å²) >= 11 is 5.01. The van der Waals surface area contributed by atoms with E-state index in [1.807, 2.05) is 23.4 Å². The number of hydrogen-bond acceptors (Lipinski definition) is 4. The Bertz CT molecular complexity index is 647. The minimum absolute atomic E-state index is 0.104. The number of halogens is 2. The van der Waals surface area contributed by atoms with E-state index >= 15 is 0 Å². The van der Waals surface area contributed by atoms with Crippen LogP contribution >= 0.6 is 27.3 Å². The van der Waals surface area contributed by atoms with Gasteiger partial charge in [-0.2, -0.15) is 0 Å². The van der Waals surface area contributed by atoms with Crippen molar-refractivity contribution < 1.29 is 9.18 Å². The largest absolute Gasteiger partial charge is 0.399 e. The molecule has 0 saturated carbocycles. The summed E-state index contributed by atoms with van der Waals surface area (Å²) in [5.41, 5.74) is 6.09. The van der Waals surface area contributed by atoms with E-state index in [1.165, 1.54) is 18.2 Å². The smallest absolute Gasteiger partial charge is 0.238 e. The van der Waals surface area contributed by atoms with Crippen molar-refractivity contribution in [1.82, 2.24) is 4.90 Å². The maximum atomic E-state index is 13.5. The Labute approximate surface area is 134 Å². The number of rotatable bonds is 5. The van der Waals surface area contributed by atoms with Gasteiger partial charge in [-0.3, -0.25) is 9.69 Å². The fourth-order valence-corrected chi connectivity index (χ4v) is 3.36. The molecular weight excluding hydrogens is 357 g/mol. The predicted octanol–water partition coefficient (Wildman–Crippen LogP) is 3.30. The zero-order valence-electron chi connectivity index (χ0n) is 11.4. The van der Waals surface area contributed by atoms with Crippen LogP contribution in [0.5, 0.6) is 0 Å². The highest BCUT2D eigenvalue weighted by Crippen LogP contribution is 2.21. The molecule has 2 rings (SSSR count). The average Bonchev–Trinajstić information content (AvgIpc) is 2.79. The summed E-state index contributed by atoms with van der Waals surface area (Å²) in [6, 6.07) is 6.10. The quantitative estimate of drug-likeness (QED) is 0.792. The zero-order chi connectivity index (χ0) is 15.4. The number of thiophene rings is 1. The Morgan fingerprint density at radius 2 is 2.24 bits per heavy atom. The summed E-state index contributed by atoms with van der Waals surface area (Å²) in [4.78, 5) is 14.9. The Morgan fingerprint density at radius 3 is 2.90 bits per heavy atom. The summed E-state index contributed by atoms with van der Waals surface area (Å²) in [7, 11) is 1.84. The molecule has 0 saturated heterocycles. The minimum atomic E-state index is -0.498. The molecule has 1 aromatic carbocycles. The third-order valence-electron chi connectivity index (χ3n) is 2.73. The third-order valence-corrected chi connectivity index (χ3v) is 4.41. The molecule has 0 aliphatic heterocycles. The Morgan fingerprint density at radius 1 is 1.48 bits per heavy atom. The van der Waals surface area contributed by atoms with Crippen molar-refractivity contribution >= 4 is 44.5 Å². The molecule has 0 unspecified atom stereocenters. The molecule has 1 heterocycles. The van der Waals surface area contributed by atoms with Crippen molar-refractivity contribution in [3.8, 4) is 0 Å². The van der Waals surface area contributed by atoms with Crippen molar-refractivity contribution in [3.63, 3.8) is 0 Å². The van der Waals surface area contributed by atoms with E-state index in [1.54, 1.807) is 11.3 Å². The number of hydrogen-bond donors (Lipinski definition) is 2. The molecule has 112 valence electrons. The lowest BCUT2D eigenvalue weighted by molar-refractivity contribution is -0.117. The Kier molecular flexibility index (Phi) is 5.33. The maximum absolute atomic E-state index is 13.5. The zero-order valence-corrected chi connectivity index (χ0v) is 13.8. The molecule has 3 N–H and O–H groups in total. The molecule has 1 aromatic heterocycles. The summed E-state index contributed by atoms with van der Waals surface area (Å²) in [5, 5.41) is 4.52. The lowest BCUT2D eigenvalue weighted by Gasteiger charge is -2.15. The number of carbonyl (C=O) groups excluding carboxylic acids is 1. The Balaban J connectivity index is 1.90. The van der Waals surface area contributed by atoms with Crippen LogP contribution in [0, 0.1) is 5.82 Å². The lowest BCUT2D eigenvalue weighted by Crippen LogP contribution is -2.29. The van der Waals surface area contributed by atoms with Gasteiger partial charge >= 0.3 is 0 Å². The first-order valence-electron chi connectivity index (χ1n) is 6.20. The molecule has 0 fully saturated rings. The highest BCUT2D eigenvalue weighted by molar-refractivity contribution is 9.10. The van der Waals surface area contributed by atoms with E-state index in [9.17, 15) is 9.18 Å². The summed E-state index contributed by atoms with van der Waals surface area (Å²) < 4.78 is 14.6. The van der Waals surface area contributed by atoms with Crippen LogP contribution in [0.4, 0.5) is 15.8 Å². The molecule has 0 aliphatic carbocycles. The van der Waals surface area contributed by atoms with Crippen molar-refractivity contribution in [2.45, 2.75) is 6.54 Å². The molecule has 7 heteroatoms. The van der Waals surface area contributed by atoms with Crippen molar-refractivity contribution in [3.05, 3.63) is 44.8 Å². The standard InChI is InChI=1S/C14H15BrFN3OS/c1-19(6-11-4-9(15)8-21-11)7-14(20)18-13-5-10(17)2-3-12(13)16/h2-5,8H,6-7,17H2,1H3,(H,18,20). The van der Waals surface area contributed by atoms with Crippen LogP contribution in [0.15, 0.2) is 34.1 Å². The fourth-order valence-electron chi connectivity index (χ4n) is 1.83.